The Hall–Kier alpha value is -2.64. The Bertz CT molecular complexity index is 1060. The number of hydrogen-bond acceptors (Lipinski definition) is 6. The van der Waals surface area contributed by atoms with Crippen LogP contribution in [0.15, 0.2) is 69.6 Å². The molecule has 0 saturated heterocycles. The van der Waals surface area contributed by atoms with Gasteiger partial charge >= 0.3 is 0 Å². The predicted molar refractivity (Wildman–Crippen MR) is 109 cm³/mol. The second kappa shape index (κ2) is 7.94. The fraction of sp³-hybridized carbons (Fsp3) is 0.150. The molecule has 4 rings (SSSR count). The molecule has 27 heavy (non-hydrogen) atoms. The summed E-state index contributed by atoms with van der Waals surface area (Å²) in [6, 6.07) is 18.2. The van der Waals surface area contributed by atoms with E-state index in [0.29, 0.717) is 11.1 Å². The van der Waals surface area contributed by atoms with Gasteiger partial charge in [0.1, 0.15) is 0 Å². The number of aromatic nitrogens is 2. The van der Waals surface area contributed by atoms with Gasteiger partial charge in [-0.05, 0) is 40.8 Å². The number of carbonyl (C=O) groups excluding carboxylic acids is 1. The first-order valence-electron chi connectivity index (χ1n) is 8.47. The summed E-state index contributed by atoms with van der Waals surface area (Å²) < 4.78 is 5.59. The van der Waals surface area contributed by atoms with Gasteiger partial charge in [-0.25, -0.2) is 0 Å². The molecule has 5 nitrogen and oxygen atoms in total. The molecule has 0 aliphatic heterocycles. The number of thiophene rings is 1. The van der Waals surface area contributed by atoms with Crippen LogP contribution in [0.25, 0.3) is 21.5 Å². The van der Waals surface area contributed by atoms with E-state index in [9.17, 15) is 4.79 Å². The molecule has 136 valence electrons. The molecule has 0 saturated carbocycles. The van der Waals surface area contributed by atoms with Crippen molar-refractivity contribution in [1.29, 1.82) is 0 Å². The topological polar surface area (TPSA) is 68.0 Å². The summed E-state index contributed by atoms with van der Waals surface area (Å²) in [5.74, 6) is 0.637. The fourth-order valence-electron chi connectivity index (χ4n) is 2.74. The maximum Gasteiger partial charge on any atom is 0.277 e. The molecule has 2 aromatic carbocycles. The lowest BCUT2D eigenvalue weighted by Gasteiger charge is -2.14. The van der Waals surface area contributed by atoms with Crippen LogP contribution >= 0.6 is 23.1 Å². The van der Waals surface area contributed by atoms with Crippen molar-refractivity contribution < 1.29 is 9.21 Å². The van der Waals surface area contributed by atoms with Gasteiger partial charge in [-0.3, -0.25) is 4.79 Å². The number of rotatable bonds is 6. The van der Waals surface area contributed by atoms with Crippen molar-refractivity contribution in [3.63, 3.8) is 0 Å². The predicted octanol–water partition coefficient (Wildman–Crippen LogP) is 4.92. The standard InChI is InChI=1S/C20H17N3O2S2/c1-13(15-9-8-14-5-2-3-6-16(14)11-15)21-18(24)12-27-20-23-22-19(25-20)17-7-4-10-26-17/h2-11,13H,12H2,1H3,(H,21,24). The number of carbonyl (C=O) groups is 1. The Morgan fingerprint density at radius 2 is 2.00 bits per heavy atom. The molecule has 1 atom stereocenters. The Balaban J connectivity index is 1.34. The maximum atomic E-state index is 12.3. The highest BCUT2D eigenvalue weighted by molar-refractivity contribution is 7.99. The van der Waals surface area contributed by atoms with Gasteiger partial charge in [0.25, 0.3) is 11.1 Å². The van der Waals surface area contributed by atoms with E-state index in [-0.39, 0.29) is 17.7 Å². The maximum absolute atomic E-state index is 12.3. The Kier molecular flexibility index (Phi) is 5.22. The van der Waals surface area contributed by atoms with Crippen molar-refractivity contribution >= 4 is 39.8 Å². The summed E-state index contributed by atoms with van der Waals surface area (Å²) in [7, 11) is 0. The minimum absolute atomic E-state index is 0.0727. The fourth-order valence-corrected chi connectivity index (χ4v) is 3.96. The third-order valence-electron chi connectivity index (χ3n) is 4.12. The second-order valence-corrected chi connectivity index (χ2v) is 7.91. The molecular formula is C20H17N3O2S2. The van der Waals surface area contributed by atoms with Crippen LogP contribution in [0.1, 0.15) is 18.5 Å². The average molecular weight is 396 g/mol. The minimum atomic E-state index is -0.0768. The van der Waals surface area contributed by atoms with E-state index in [4.69, 9.17) is 4.42 Å². The Morgan fingerprint density at radius 3 is 2.81 bits per heavy atom. The molecule has 0 radical (unpaired) electrons. The molecule has 1 N–H and O–H groups in total. The van der Waals surface area contributed by atoms with Gasteiger partial charge in [-0.15, -0.1) is 21.5 Å². The first-order valence-corrected chi connectivity index (χ1v) is 10.3. The lowest BCUT2D eigenvalue weighted by Crippen LogP contribution is -2.28. The van der Waals surface area contributed by atoms with Gasteiger partial charge in [0.2, 0.25) is 5.91 Å². The van der Waals surface area contributed by atoms with Gasteiger partial charge in [0, 0.05) is 0 Å². The largest absolute Gasteiger partial charge is 0.410 e. The summed E-state index contributed by atoms with van der Waals surface area (Å²) in [5, 5.41) is 15.7. The number of fused-ring (bicyclic) bond motifs is 1. The van der Waals surface area contributed by atoms with Crippen molar-refractivity contribution in [2.45, 2.75) is 18.2 Å². The lowest BCUT2D eigenvalue weighted by molar-refractivity contribution is -0.119. The van der Waals surface area contributed by atoms with Crippen LogP contribution in [0.5, 0.6) is 0 Å². The zero-order valence-corrected chi connectivity index (χ0v) is 16.2. The third kappa shape index (κ3) is 4.20. The van der Waals surface area contributed by atoms with Crippen molar-refractivity contribution in [3.05, 3.63) is 65.5 Å². The molecule has 0 spiro atoms. The van der Waals surface area contributed by atoms with Crippen LogP contribution in [0.2, 0.25) is 0 Å². The van der Waals surface area contributed by atoms with Crippen LogP contribution in [0.3, 0.4) is 0 Å². The van der Waals surface area contributed by atoms with Crippen LogP contribution in [-0.2, 0) is 4.79 Å². The Morgan fingerprint density at radius 1 is 1.15 bits per heavy atom. The number of benzene rings is 2. The summed E-state index contributed by atoms with van der Waals surface area (Å²) in [6.07, 6.45) is 0. The van der Waals surface area contributed by atoms with Gasteiger partial charge in [-0.2, -0.15) is 0 Å². The zero-order valence-electron chi connectivity index (χ0n) is 14.6. The Labute approximate surface area is 164 Å². The average Bonchev–Trinajstić information content (AvgIpc) is 3.37. The summed E-state index contributed by atoms with van der Waals surface area (Å²) >= 11 is 2.77. The molecular weight excluding hydrogens is 378 g/mol. The molecule has 0 fully saturated rings. The van der Waals surface area contributed by atoms with Crippen molar-refractivity contribution in [2.24, 2.45) is 0 Å². The van der Waals surface area contributed by atoms with E-state index in [1.54, 1.807) is 0 Å². The van der Waals surface area contributed by atoms with Crippen molar-refractivity contribution in [3.8, 4) is 10.8 Å². The summed E-state index contributed by atoms with van der Waals surface area (Å²) in [6.45, 7) is 1.98. The highest BCUT2D eigenvalue weighted by atomic mass is 32.2. The van der Waals surface area contributed by atoms with E-state index in [1.165, 1.54) is 28.5 Å². The van der Waals surface area contributed by atoms with Crippen LogP contribution < -0.4 is 5.32 Å². The normalized spacial score (nSPS) is 12.2. The molecule has 0 aliphatic carbocycles. The van der Waals surface area contributed by atoms with E-state index >= 15 is 0 Å². The van der Waals surface area contributed by atoms with E-state index in [1.807, 2.05) is 42.6 Å². The molecule has 2 heterocycles. The van der Waals surface area contributed by atoms with Crippen molar-refractivity contribution in [2.75, 3.05) is 5.75 Å². The number of nitrogens with zero attached hydrogens (tertiary/aromatic N) is 2. The van der Waals surface area contributed by atoms with Crippen LogP contribution in [0, 0.1) is 0 Å². The van der Waals surface area contributed by atoms with Gasteiger partial charge in [0.15, 0.2) is 0 Å². The zero-order chi connectivity index (χ0) is 18.6. The molecule has 7 heteroatoms. The van der Waals surface area contributed by atoms with Crippen molar-refractivity contribution in [1.82, 2.24) is 15.5 Å². The van der Waals surface area contributed by atoms with Crippen LogP contribution in [-0.4, -0.2) is 21.9 Å². The first-order chi connectivity index (χ1) is 13.2. The number of thioether (sulfide) groups is 1. The van der Waals surface area contributed by atoms with E-state index in [2.05, 4.69) is 39.8 Å². The summed E-state index contributed by atoms with van der Waals surface area (Å²) in [5.41, 5.74) is 1.07. The summed E-state index contributed by atoms with van der Waals surface area (Å²) in [4.78, 5) is 13.2. The molecule has 0 bridgehead atoms. The van der Waals surface area contributed by atoms with E-state index in [0.717, 1.165) is 15.8 Å². The molecule has 1 amide bonds. The SMILES string of the molecule is CC(NC(=O)CSc1nnc(-c2cccs2)o1)c1ccc2ccccc2c1. The third-order valence-corrected chi connectivity index (χ3v) is 5.79. The highest BCUT2D eigenvalue weighted by Crippen LogP contribution is 2.26. The van der Waals surface area contributed by atoms with E-state index < -0.39 is 0 Å². The smallest absolute Gasteiger partial charge is 0.277 e. The molecule has 2 aromatic heterocycles. The number of hydrogen-bond donors (Lipinski definition) is 1. The molecule has 0 aliphatic rings. The lowest BCUT2D eigenvalue weighted by atomic mass is 10.0. The van der Waals surface area contributed by atoms with Crippen LogP contribution in [0.4, 0.5) is 0 Å². The first kappa shape index (κ1) is 17.8. The number of amides is 1. The van der Waals surface area contributed by atoms with Gasteiger partial charge < -0.3 is 9.73 Å². The minimum Gasteiger partial charge on any atom is -0.410 e. The second-order valence-electron chi connectivity index (χ2n) is 6.03. The highest BCUT2D eigenvalue weighted by Gasteiger charge is 2.14. The quantitative estimate of drug-likeness (QED) is 0.469. The molecule has 1 unspecified atom stereocenters. The number of nitrogens with one attached hydrogen (secondary N) is 1. The van der Waals surface area contributed by atoms with Gasteiger partial charge in [-0.1, -0.05) is 54.2 Å². The van der Waals surface area contributed by atoms with Gasteiger partial charge in [0.05, 0.1) is 16.7 Å². The monoisotopic (exact) mass is 395 g/mol. The molecule has 4 aromatic rings.